The minimum atomic E-state index is -0.124. The first-order valence-corrected chi connectivity index (χ1v) is 12.6. The van der Waals surface area contributed by atoms with Crippen LogP contribution in [0.1, 0.15) is 5.56 Å². The Hall–Kier alpha value is -3.26. The van der Waals surface area contributed by atoms with E-state index in [4.69, 9.17) is 32.5 Å². The van der Waals surface area contributed by atoms with Crippen LogP contribution in [-0.4, -0.2) is 47.2 Å². The van der Waals surface area contributed by atoms with E-state index in [2.05, 4.69) is 21.4 Å². The van der Waals surface area contributed by atoms with E-state index in [1.165, 1.54) is 5.56 Å². The first kappa shape index (κ1) is 23.2. The minimum absolute atomic E-state index is 0.124. The molecule has 2 aliphatic heterocycles. The summed E-state index contributed by atoms with van der Waals surface area (Å²) in [5.41, 5.74) is 1.83. The topological polar surface area (TPSA) is 70.8 Å². The summed E-state index contributed by atoms with van der Waals surface area (Å²) in [7, 11) is 0. The van der Waals surface area contributed by atoms with E-state index >= 15 is 0 Å². The number of ether oxygens (including phenoxy) is 1. The highest BCUT2D eigenvalue weighted by atomic mass is 35.5. The molecule has 6 rings (SSSR count). The SMILES string of the molecule is O=C(Nc1noc2ccccc12)N1C[C@H]2CN(Cc3cccc(Oc4cc(Cl)cc(Cl)c4)c3)C[C@H]2C1. The van der Waals surface area contributed by atoms with Crippen molar-refractivity contribution in [3.63, 3.8) is 0 Å². The van der Waals surface area contributed by atoms with Crippen molar-refractivity contribution >= 4 is 46.0 Å². The first-order chi connectivity index (χ1) is 17.5. The summed E-state index contributed by atoms with van der Waals surface area (Å²) < 4.78 is 11.3. The maximum atomic E-state index is 12.9. The van der Waals surface area contributed by atoms with Gasteiger partial charge in [-0.1, -0.05) is 52.6 Å². The number of para-hydroxylation sites is 1. The Bertz CT molecular complexity index is 1390. The predicted octanol–water partition coefficient (Wildman–Crippen LogP) is 6.52. The average molecular weight is 523 g/mol. The highest BCUT2D eigenvalue weighted by Gasteiger charge is 2.41. The second kappa shape index (κ2) is 9.65. The number of rotatable bonds is 5. The van der Waals surface area contributed by atoms with Crippen LogP contribution in [-0.2, 0) is 6.54 Å². The van der Waals surface area contributed by atoms with E-state index in [0.717, 1.165) is 43.9 Å². The van der Waals surface area contributed by atoms with Gasteiger partial charge in [-0.2, -0.15) is 0 Å². The van der Waals surface area contributed by atoms with Crippen molar-refractivity contribution in [2.45, 2.75) is 6.54 Å². The molecule has 2 atom stereocenters. The highest BCUT2D eigenvalue weighted by Crippen LogP contribution is 2.34. The second-order valence-electron chi connectivity index (χ2n) is 9.43. The van der Waals surface area contributed by atoms with Crippen molar-refractivity contribution in [2.24, 2.45) is 11.8 Å². The molecule has 36 heavy (non-hydrogen) atoms. The Kier molecular flexibility index (Phi) is 6.21. The lowest BCUT2D eigenvalue weighted by atomic mass is 10.0. The summed E-state index contributed by atoms with van der Waals surface area (Å²) in [6.07, 6.45) is 0. The third-order valence-corrected chi connectivity index (χ3v) is 7.26. The third-order valence-electron chi connectivity index (χ3n) is 6.83. The van der Waals surface area contributed by atoms with Crippen LogP contribution in [0.15, 0.2) is 71.3 Å². The Morgan fingerprint density at radius 2 is 1.69 bits per heavy atom. The van der Waals surface area contributed by atoms with Crippen LogP contribution in [0.25, 0.3) is 11.0 Å². The lowest BCUT2D eigenvalue weighted by Gasteiger charge is -2.22. The summed E-state index contributed by atoms with van der Waals surface area (Å²) in [6, 6.07) is 20.6. The second-order valence-corrected chi connectivity index (χ2v) is 10.3. The molecular weight excluding hydrogens is 499 g/mol. The molecule has 1 N–H and O–H groups in total. The first-order valence-electron chi connectivity index (χ1n) is 11.9. The quantitative estimate of drug-likeness (QED) is 0.323. The van der Waals surface area contributed by atoms with E-state index in [-0.39, 0.29) is 6.03 Å². The largest absolute Gasteiger partial charge is 0.457 e. The van der Waals surface area contributed by atoms with Crippen molar-refractivity contribution in [2.75, 3.05) is 31.5 Å². The summed E-state index contributed by atoms with van der Waals surface area (Å²) >= 11 is 12.2. The fourth-order valence-electron chi connectivity index (χ4n) is 5.23. The molecule has 2 amide bonds. The molecule has 0 unspecified atom stereocenters. The Labute approximate surface area is 218 Å². The highest BCUT2D eigenvalue weighted by molar-refractivity contribution is 6.34. The number of nitrogens with zero attached hydrogens (tertiary/aromatic N) is 3. The molecule has 0 saturated carbocycles. The number of anilines is 1. The van der Waals surface area contributed by atoms with E-state index in [1.807, 2.05) is 47.4 Å². The van der Waals surface area contributed by atoms with Crippen molar-refractivity contribution in [1.82, 2.24) is 15.0 Å². The molecule has 0 spiro atoms. The van der Waals surface area contributed by atoms with Gasteiger partial charge in [0.2, 0.25) is 0 Å². The van der Waals surface area contributed by atoms with Crippen LogP contribution in [0.4, 0.5) is 10.6 Å². The molecular formula is C27H24Cl2N4O3. The number of likely N-dealkylation sites (tertiary alicyclic amines) is 2. The number of urea groups is 1. The monoisotopic (exact) mass is 522 g/mol. The van der Waals surface area contributed by atoms with Gasteiger partial charge in [-0.3, -0.25) is 10.2 Å². The summed E-state index contributed by atoms with van der Waals surface area (Å²) in [4.78, 5) is 17.2. The summed E-state index contributed by atoms with van der Waals surface area (Å²) in [6.45, 7) is 4.22. The maximum absolute atomic E-state index is 12.9. The van der Waals surface area contributed by atoms with E-state index in [1.54, 1.807) is 18.2 Å². The average Bonchev–Trinajstić information content (AvgIpc) is 3.52. The predicted molar refractivity (Wildman–Crippen MR) is 140 cm³/mol. The number of halogens is 2. The van der Waals surface area contributed by atoms with Crippen molar-refractivity contribution in [3.05, 3.63) is 82.3 Å². The number of nitrogens with one attached hydrogen (secondary N) is 1. The van der Waals surface area contributed by atoms with Gasteiger partial charge in [0.15, 0.2) is 11.4 Å². The molecule has 1 aromatic heterocycles. The molecule has 0 bridgehead atoms. The lowest BCUT2D eigenvalue weighted by molar-refractivity contribution is 0.211. The van der Waals surface area contributed by atoms with Gasteiger partial charge in [0.05, 0.1) is 5.39 Å². The van der Waals surface area contributed by atoms with Crippen LogP contribution in [0.2, 0.25) is 10.0 Å². The zero-order valence-electron chi connectivity index (χ0n) is 19.4. The van der Waals surface area contributed by atoms with Gasteiger partial charge in [0, 0.05) is 42.8 Å². The van der Waals surface area contributed by atoms with Gasteiger partial charge in [-0.15, -0.1) is 0 Å². The number of hydrogen-bond acceptors (Lipinski definition) is 5. The van der Waals surface area contributed by atoms with Gasteiger partial charge in [-0.25, -0.2) is 4.79 Å². The van der Waals surface area contributed by atoms with Crippen molar-refractivity contribution < 1.29 is 14.1 Å². The zero-order chi connectivity index (χ0) is 24.6. The number of benzene rings is 3. The normalized spacial score (nSPS) is 19.6. The standard InChI is InChI=1S/C27H24Cl2N4O3/c28-20-9-21(29)11-23(10-20)35-22-5-3-4-17(8-22)12-32-13-18-15-33(16-19(18)14-32)27(34)30-26-24-6-1-2-7-25(24)36-31-26/h1-11,18-19H,12-16H2,(H,30,31,34)/t18-,19+. The number of fused-ring (bicyclic) bond motifs is 2. The van der Waals surface area contributed by atoms with Crippen LogP contribution in [0.3, 0.4) is 0 Å². The fourth-order valence-corrected chi connectivity index (χ4v) is 5.74. The molecule has 9 heteroatoms. The molecule has 0 aliphatic carbocycles. The minimum Gasteiger partial charge on any atom is -0.457 e. The zero-order valence-corrected chi connectivity index (χ0v) is 20.9. The van der Waals surface area contributed by atoms with Crippen molar-refractivity contribution in [3.8, 4) is 11.5 Å². The summed E-state index contributed by atoms with van der Waals surface area (Å²) in [5.74, 6) is 2.73. The van der Waals surface area contributed by atoms with Gasteiger partial charge in [0.25, 0.3) is 0 Å². The van der Waals surface area contributed by atoms with Gasteiger partial charge in [0.1, 0.15) is 11.5 Å². The Balaban J connectivity index is 1.04. The van der Waals surface area contributed by atoms with E-state index < -0.39 is 0 Å². The number of aromatic nitrogens is 1. The van der Waals surface area contributed by atoms with Gasteiger partial charge < -0.3 is 14.2 Å². The van der Waals surface area contributed by atoms with Crippen LogP contribution >= 0.6 is 23.2 Å². The van der Waals surface area contributed by atoms with Crippen LogP contribution < -0.4 is 10.1 Å². The van der Waals surface area contributed by atoms with Gasteiger partial charge >= 0.3 is 6.03 Å². The summed E-state index contributed by atoms with van der Waals surface area (Å²) in [5, 5.41) is 8.81. The molecule has 7 nitrogen and oxygen atoms in total. The lowest BCUT2D eigenvalue weighted by Crippen LogP contribution is -2.36. The number of carbonyl (C=O) groups excluding carboxylic acids is 1. The Morgan fingerprint density at radius 3 is 2.47 bits per heavy atom. The van der Waals surface area contributed by atoms with E-state index in [0.29, 0.717) is 39.0 Å². The van der Waals surface area contributed by atoms with Crippen molar-refractivity contribution in [1.29, 1.82) is 0 Å². The molecule has 2 saturated heterocycles. The molecule has 3 heterocycles. The molecule has 0 radical (unpaired) electrons. The molecule has 184 valence electrons. The fraction of sp³-hybridized carbons (Fsp3) is 0.259. The van der Waals surface area contributed by atoms with E-state index in [9.17, 15) is 4.79 Å². The third kappa shape index (κ3) is 4.87. The molecule has 2 fully saturated rings. The molecule has 3 aromatic carbocycles. The maximum Gasteiger partial charge on any atom is 0.323 e. The smallest absolute Gasteiger partial charge is 0.323 e. The van der Waals surface area contributed by atoms with Crippen LogP contribution in [0.5, 0.6) is 11.5 Å². The van der Waals surface area contributed by atoms with Gasteiger partial charge in [-0.05, 0) is 59.9 Å². The number of carbonyl (C=O) groups is 1. The number of hydrogen-bond donors (Lipinski definition) is 1. The molecule has 4 aromatic rings. The Morgan fingerprint density at radius 1 is 0.944 bits per heavy atom. The number of amides is 2. The van der Waals surface area contributed by atoms with Crippen LogP contribution in [0, 0.1) is 11.8 Å². The molecule has 2 aliphatic rings.